The van der Waals surface area contributed by atoms with Crippen molar-refractivity contribution >= 4 is 17.7 Å². The fourth-order valence-corrected chi connectivity index (χ4v) is 3.67. The molecule has 17 heavy (non-hydrogen) atoms. The molecule has 0 aromatic heterocycles. The number of carboxylic acid groups (broad SMARTS) is 1. The van der Waals surface area contributed by atoms with Crippen molar-refractivity contribution < 1.29 is 9.90 Å². The number of thioether (sulfide) groups is 1. The maximum atomic E-state index is 10.8. The average Bonchev–Trinajstić information content (AvgIpc) is 2.35. The number of carboxylic acids is 1. The van der Waals surface area contributed by atoms with E-state index in [9.17, 15) is 4.79 Å². The minimum absolute atomic E-state index is 0.0744. The smallest absolute Gasteiger partial charge is 0.306 e. The van der Waals surface area contributed by atoms with E-state index in [1.54, 1.807) is 0 Å². The van der Waals surface area contributed by atoms with Crippen LogP contribution in [-0.4, -0.2) is 46.6 Å². The Morgan fingerprint density at radius 3 is 2.29 bits per heavy atom. The summed E-state index contributed by atoms with van der Waals surface area (Å²) < 4.78 is 0. The second kappa shape index (κ2) is 7.98. The van der Waals surface area contributed by atoms with E-state index in [0.717, 1.165) is 45.3 Å². The number of rotatable bonds is 7. The summed E-state index contributed by atoms with van der Waals surface area (Å²) in [4.78, 5) is 13.3. The molecule has 0 radical (unpaired) electrons. The molecular weight excluding hydrogens is 234 g/mol. The Hall–Kier alpha value is -0.220. The van der Waals surface area contributed by atoms with Gasteiger partial charge in [0.25, 0.3) is 0 Å². The monoisotopic (exact) mass is 259 g/mol. The zero-order valence-corrected chi connectivity index (χ0v) is 11.8. The van der Waals surface area contributed by atoms with Crippen LogP contribution in [-0.2, 0) is 4.79 Å². The van der Waals surface area contributed by atoms with Crippen LogP contribution in [0.25, 0.3) is 0 Å². The van der Waals surface area contributed by atoms with Crippen LogP contribution in [0.4, 0.5) is 0 Å². The molecule has 1 fully saturated rings. The van der Waals surface area contributed by atoms with E-state index in [1.807, 2.05) is 11.8 Å². The molecule has 1 aliphatic carbocycles. The minimum atomic E-state index is -0.600. The SMILES string of the molecule is CCN(CC)CCSC1CCC(C(=O)O)CC1. The summed E-state index contributed by atoms with van der Waals surface area (Å²) in [7, 11) is 0. The van der Waals surface area contributed by atoms with E-state index in [4.69, 9.17) is 5.11 Å². The van der Waals surface area contributed by atoms with Crippen molar-refractivity contribution in [3.05, 3.63) is 0 Å². The van der Waals surface area contributed by atoms with Crippen LogP contribution in [0.5, 0.6) is 0 Å². The molecular formula is C13H25NO2S. The second-order valence-corrected chi connectivity index (χ2v) is 6.12. The van der Waals surface area contributed by atoms with Crippen molar-refractivity contribution in [1.82, 2.24) is 4.90 Å². The number of hydrogen-bond donors (Lipinski definition) is 1. The highest BCUT2D eigenvalue weighted by Crippen LogP contribution is 2.31. The Morgan fingerprint density at radius 1 is 1.24 bits per heavy atom. The van der Waals surface area contributed by atoms with Crippen molar-refractivity contribution in [2.45, 2.75) is 44.8 Å². The summed E-state index contributed by atoms with van der Waals surface area (Å²) >= 11 is 2.04. The highest BCUT2D eigenvalue weighted by Gasteiger charge is 2.25. The summed E-state index contributed by atoms with van der Waals surface area (Å²) in [5, 5.41) is 9.62. The van der Waals surface area contributed by atoms with Crippen LogP contribution < -0.4 is 0 Å². The van der Waals surface area contributed by atoms with Gasteiger partial charge in [0.15, 0.2) is 0 Å². The summed E-state index contributed by atoms with van der Waals surface area (Å²) in [6.45, 7) is 7.82. The van der Waals surface area contributed by atoms with Gasteiger partial charge in [-0.3, -0.25) is 4.79 Å². The van der Waals surface area contributed by atoms with E-state index in [2.05, 4.69) is 18.7 Å². The van der Waals surface area contributed by atoms with Crippen molar-refractivity contribution in [3.63, 3.8) is 0 Å². The highest BCUT2D eigenvalue weighted by atomic mass is 32.2. The summed E-state index contributed by atoms with van der Waals surface area (Å²) in [5.74, 6) is 0.510. The highest BCUT2D eigenvalue weighted by molar-refractivity contribution is 7.99. The molecule has 0 amide bonds. The van der Waals surface area contributed by atoms with Crippen LogP contribution in [0.15, 0.2) is 0 Å². The third-order valence-corrected chi connectivity index (χ3v) is 5.04. The van der Waals surface area contributed by atoms with E-state index in [1.165, 1.54) is 5.75 Å². The zero-order chi connectivity index (χ0) is 12.7. The number of carbonyl (C=O) groups is 1. The lowest BCUT2D eigenvalue weighted by Gasteiger charge is -2.26. The Labute approximate surface area is 109 Å². The normalized spacial score (nSPS) is 25.1. The fraction of sp³-hybridized carbons (Fsp3) is 0.923. The average molecular weight is 259 g/mol. The number of aliphatic carboxylic acids is 1. The van der Waals surface area contributed by atoms with E-state index >= 15 is 0 Å². The predicted octanol–water partition coefficient (Wildman–Crippen LogP) is 2.70. The molecule has 0 aromatic carbocycles. The lowest BCUT2D eigenvalue weighted by atomic mass is 9.89. The first-order valence-electron chi connectivity index (χ1n) is 6.74. The van der Waals surface area contributed by atoms with E-state index in [0.29, 0.717) is 5.25 Å². The Morgan fingerprint density at radius 2 is 1.82 bits per heavy atom. The molecule has 0 atom stereocenters. The fourth-order valence-electron chi connectivity index (χ4n) is 2.36. The summed E-state index contributed by atoms with van der Waals surface area (Å²) in [5.41, 5.74) is 0. The van der Waals surface area contributed by atoms with Gasteiger partial charge in [-0.25, -0.2) is 0 Å². The summed E-state index contributed by atoms with van der Waals surface area (Å²) in [6, 6.07) is 0. The van der Waals surface area contributed by atoms with Gasteiger partial charge in [0, 0.05) is 17.5 Å². The van der Waals surface area contributed by atoms with Gasteiger partial charge in [-0.05, 0) is 38.8 Å². The molecule has 0 heterocycles. The van der Waals surface area contributed by atoms with Gasteiger partial charge in [-0.15, -0.1) is 0 Å². The van der Waals surface area contributed by atoms with Crippen molar-refractivity contribution in [2.75, 3.05) is 25.4 Å². The largest absolute Gasteiger partial charge is 0.481 e. The quantitative estimate of drug-likeness (QED) is 0.763. The molecule has 0 spiro atoms. The van der Waals surface area contributed by atoms with Crippen molar-refractivity contribution in [2.24, 2.45) is 5.92 Å². The van der Waals surface area contributed by atoms with Crippen molar-refractivity contribution in [3.8, 4) is 0 Å². The van der Waals surface area contributed by atoms with Crippen LogP contribution >= 0.6 is 11.8 Å². The number of nitrogens with zero attached hydrogens (tertiary/aromatic N) is 1. The first-order chi connectivity index (χ1) is 8.17. The molecule has 100 valence electrons. The topological polar surface area (TPSA) is 40.5 Å². The molecule has 1 aliphatic rings. The lowest BCUT2D eigenvalue weighted by Crippen LogP contribution is -2.27. The minimum Gasteiger partial charge on any atom is -0.481 e. The third kappa shape index (κ3) is 5.30. The Balaban J connectivity index is 2.12. The van der Waals surface area contributed by atoms with Gasteiger partial charge in [0.2, 0.25) is 0 Å². The molecule has 0 aromatic rings. The van der Waals surface area contributed by atoms with Gasteiger partial charge in [-0.1, -0.05) is 13.8 Å². The van der Waals surface area contributed by atoms with E-state index in [-0.39, 0.29) is 5.92 Å². The van der Waals surface area contributed by atoms with Gasteiger partial charge in [0.1, 0.15) is 0 Å². The second-order valence-electron chi connectivity index (χ2n) is 4.71. The lowest BCUT2D eigenvalue weighted by molar-refractivity contribution is -0.142. The molecule has 3 nitrogen and oxygen atoms in total. The molecule has 1 N–H and O–H groups in total. The third-order valence-electron chi connectivity index (χ3n) is 3.68. The van der Waals surface area contributed by atoms with Crippen LogP contribution in [0.3, 0.4) is 0 Å². The maximum Gasteiger partial charge on any atom is 0.306 e. The van der Waals surface area contributed by atoms with Crippen LogP contribution in [0.2, 0.25) is 0 Å². The van der Waals surface area contributed by atoms with Crippen LogP contribution in [0.1, 0.15) is 39.5 Å². The molecule has 0 unspecified atom stereocenters. The molecule has 0 saturated heterocycles. The van der Waals surface area contributed by atoms with Crippen LogP contribution in [0, 0.1) is 5.92 Å². The van der Waals surface area contributed by atoms with E-state index < -0.39 is 5.97 Å². The molecule has 1 rings (SSSR count). The van der Waals surface area contributed by atoms with Gasteiger partial charge < -0.3 is 10.0 Å². The zero-order valence-electron chi connectivity index (χ0n) is 11.0. The Kier molecular flexibility index (Phi) is 6.97. The van der Waals surface area contributed by atoms with Gasteiger partial charge in [-0.2, -0.15) is 11.8 Å². The molecule has 0 aliphatic heterocycles. The maximum absolute atomic E-state index is 10.8. The molecule has 0 bridgehead atoms. The summed E-state index contributed by atoms with van der Waals surface area (Å²) in [6.07, 6.45) is 3.91. The molecule has 1 saturated carbocycles. The first-order valence-corrected chi connectivity index (χ1v) is 7.79. The van der Waals surface area contributed by atoms with Gasteiger partial charge in [0.05, 0.1) is 5.92 Å². The van der Waals surface area contributed by atoms with Crippen molar-refractivity contribution in [1.29, 1.82) is 0 Å². The standard InChI is InChI=1S/C13H25NO2S/c1-3-14(4-2)9-10-17-12-7-5-11(6-8-12)13(15)16/h11-12H,3-10H2,1-2H3,(H,15,16). The number of hydrogen-bond acceptors (Lipinski definition) is 3. The van der Waals surface area contributed by atoms with Gasteiger partial charge >= 0.3 is 5.97 Å². The first kappa shape index (κ1) is 14.8. The molecule has 4 heteroatoms. The Bertz CT molecular complexity index is 223. The predicted molar refractivity (Wildman–Crippen MR) is 73.6 cm³/mol.